The van der Waals surface area contributed by atoms with Crippen molar-refractivity contribution in [3.8, 4) is 11.5 Å². The van der Waals surface area contributed by atoms with E-state index in [1.807, 2.05) is 54.8 Å². The van der Waals surface area contributed by atoms with Gasteiger partial charge in [0.05, 0.1) is 0 Å². The van der Waals surface area contributed by atoms with E-state index >= 15 is 0 Å². The first-order valence-electron chi connectivity index (χ1n) is 10.6. The molecular weight excluding hydrogens is 438 g/mol. The van der Waals surface area contributed by atoms with Gasteiger partial charge in [-0.05, 0) is 42.7 Å². The molecule has 5 rings (SSSR count). The summed E-state index contributed by atoms with van der Waals surface area (Å²) in [7, 11) is 0. The average molecular weight is 462 g/mol. The Bertz CT molecular complexity index is 1410. The molecular formula is C25H23N3O4S. The second-order valence-electron chi connectivity index (χ2n) is 7.87. The molecule has 1 atom stereocenters. The molecule has 33 heavy (non-hydrogen) atoms. The minimum Gasteiger partial charge on any atom is -0.485 e. The Morgan fingerprint density at radius 2 is 2.00 bits per heavy atom. The Balaban J connectivity index is 1.44. The summed E-state index contributed by atoms with van der Waals surface area (Å²) in [5.74, 6) is 2.63. The molecule has 8 heteroatoms. The van der Waals surface area contributed by atoms with Gasteiger partial charge in [0, 0.05) is 23.8 Å². The number of aryl methyl sites for hydroxylation is 2. The lowest BCUT2D eigenvalue weighted by molar-refractivity contribution is 0.0821. The zero-order chi connectivity index (χ0) is 22.9. The molecule has 2 aromatic carbocycles. The maximum atomic E-state index is 12.2. The van der Waals surface area contributed by atoms with E-state index in [-0.39, 0.29) is 11.7 Å². The van der Waals surface area contributed by atoms with Gasteiger partial charge in [0.2, 0.25) is 0 Å². The van der Waals surface area contributed by atoms with Crippen molar-refractivity contribution >= 4 is 22.7 Å². The van der Waals surface area contributed by atoms with E-state index in [4.69, 9.17) is 13.9 Å². The molecule has 0 N–H and O–H groups in total. The van der Waals surface area contributed by atoms with Gasteiger partial charge in [-0.15, -0.1) is 16.8 Å². The topological polar surface area (TPSA) is 79.4 Å². The van der Waals surface area contributed by atoms with E-state index in [0.717, 1.165) is 33.0 Å². The minimum absolute atomic E-state index is 0.347. The Hall–Kier alpha value is -3.52. The number of aromatic nitrogens is 3. The van der Waals surface area contributed by atoms with Crippen molar-refractivity contribution in [3.05, 3.63) is 88.1 Å². The van der Waals surface area contributed by atoms with Crippen molar-refractivity contribution in [1.82, 2.24) is 14.8 Å². The van der Waals surface area contributed by atoms with E-state index < -0.39 is 0 Å². The Morgan fingerprint density at radius 1 is 1.18 bits per heavy atom. The van der Waals surface area contributed by atoms with Crippen LogP contribution >= 0.6 is 11.8 Å². The van der Waals surface area contributed by atoms with E-state index in [1.165, 1.54) is 11.8 Å². The first-order chi connectivity index (χ1) is 16.0. The lowest BCUT2D eigenvalue weighted by atomic mass is 10.0. The van der Waals surface area contributed by atoms with Crippen LogP contribution in [0, 0.1) is 13.8 Å². The summed E-state index contributed by atoms with van der Waals surface area (Å²) in [6, 6.07) is 13.2. The van der Waals surface area contributed by atoms with Gasteiger partial charge in [-0.3, -0.25) is 4.57 Å². The molecule has 3 heterocycles. The summed E-state index contributed by atoms with van der Waals surface area (Å²) in [4.78, 5) is 12.2. The summed E-state index contributed by atoms with van der Waals surface area (Å²) in [5, 5.41) is 10.5. The van der Waals surface area contributed by atoms with E-state index in [1.54, 1.807) is 12.1 Å². The highest BCUT2D eigenvalue weighted by atomic mass is 32.2. The van der Waals surface area contributed by atoms with Crippen molar-refractivity contribution in [2.45, 2.75) is 37.4 Å². The van der Waals surface area contributed by atoms with E-state index in [9.17, 15) is 4.79 Å². The molecule has 0 radical (unpaired) electrons. The van der Waals surface area contributed by atoms with Crippen LogP contribution in [0.5, 0.6) is 11.5 Å². The van der Waals surface area contributed by atoms with Crippen LogP contribution in [0.15, 0.2) is 69.5 Å². The van der Waals surface area contributed by atoms with Gasteiger partial charge in [0.1, 0.15) is 12.2 Å². The number of allylic oxidation sites excluding steroid dienone is 1. The molecule has 0 saturated carbocycles. The summed E-state index contributed by atoms with van der Waals surface area (Å²) in [6.45, 7) is 8.73. The third-order valence-corrected chi connectivity index (χ3v) is 6.74. The predicted octanol–water partition coefficient (Wildman–Crippen LogP) is 4.99. The number of thioether (sulfide) groups is 1. The fourth-order valence-electron chi connectivity index (χ4n) is 3.88. The first-order valence-corrected chi connectivity index (χ1v) is 11.6. The van der Waals surface area contributed by atoms with Crippen LogP contribution in [0.25, 0.3) is 11.0 Å². The van der Waals surface area contributed by atoms with Crippen LogP contribution in [0.4, 0.5) is 0 Å². The Labute approximate surface area is 195 Å². The van der Waals surface area contributed by atoms with Gasteiger partial charge in [0.15, 0.2) is 28.6 Å². The molecule has 0 aliphatic carbocycles. The highest BCUT2D eigenvalue weighted by Crippen LogP contribution is 2.36. The number of hydrogen-bond acceptors (Lipinski definition) is 7. The molecule has 0 saturated heterocycles. The highest BCUT2D eigenvalue weighted by Gasteiger charge is 2.28. The monoisotopic (exact) mass is 461 g/mol. The molecule has 168 valence electrons. The lowest BCUT2D eigenvalue weighted by Crippen LogP contribution is -2.25. The highest BCUT2D eigenvalue weighted by molar-refractivity contribution is 7.98. The normalized spacial score (nSPS) is 15.0. The minimum atomic E-state index is -0.378. The van der Waals surface area contributed by atoms with Crippen LogP contribution in [-0.4, -0.2) is 21.4 Å². The summed E-state index contributed by atoms with van der Waals surface area (Å²) < 4.78 is 19.5. The summed E-state index contributed by atoms with van der Waals surface area (Å²) in [6.07, 6.45) is 1.42. The van der Waals surface area contributed by atoms with Crippen molar-refractivity contribution in [2.75, 3.05) is 6.61 Å². The maximum absolute atomic E-state index is 12.2. The Morgan fingerprint density at radius 3 is 2.82 bits per heavy atom. The predicted molar refractivity (Wildman–Crippen MR) is 127 cm³/mol. The fraction of sp³-hybridized carbons (Fsp3) is 0.240. The SMILES string of the molecule is C=CCn1c(SCc2cc(=O)oc3c(C)c(C)ccc23)nnc1C1COc2ccccc2O1. The molecule has 1 aliphatic rings. The smallest absolute Gasteiger partial charge is 0.336 e. The average Bonchev–Trinajstić information content (AvgIpc) is 3.22. The number of benzene rings is 2. The fourth-order valence-corrected chi connectivity index (χ4v) is 4.82. The van der Waals surface area contributed by atoms with Gasteiger partial charge in [-0.25, -0.2) is 4.79 Å². The molecule has 0 bridgehead atoms. The number of ether oxygens (including phenoxy) is 2. The molecule has 0 fully saturated rings. The van der Waals surface area contributed by atoms with Gasteiger partial charge in [0.25, 0.3) is 0 Å². The molecule has 7 nitrogen and oxygen atoms in total. The van der Waals surface area contributed by atoms with Gasteiger partial charge >= 0.3 is 5.63 Å². The first kappa shape index (κ1) is 21.3. The lowest BCUT2D eigenvalue weighted by Gasteiger charge is -2.26. The molecule has 1 aliphatic heterocycles. The van der Waals surface area contributed by atoms with E-state index in [2.05, 4.69) is 16.8 Å². The van der Waals surface area contributed by atoms with Gasteiger partial charge in [-0.1, -0.05) is 42.1 Å². The second-order valence-corrected chi connectivity index (χ2v) is 8.81. The van der Waals surface area contributed by atoms with Crippen LogP contribution in [0.3, 0.4) is 0 Å². The summed E-state index contributed by atoms with van der Waals surface area (Å²) in [5.41, 5.74) is 3.24. The van der Waals surface area contributed by atoms with Crippen LogP contribution in [0.1, 0.15) is 28.6 Å². The number of rotatable bonds is 6. The molecule has 4 aromatic rings. The van der Waals surface area contributed by atoms with E-state index in [0.29, 0.717) is 36.1 Å². The van der Waals surface area contributed by atoms with Crippen LogP contribution < -0.4 is 15.1 Å². The van der Waals surface area contributed by atoms with Crippen molar-refractivity contribution in [2.24, 2.45) is 0 Å². The zero-order valence-corrected chi connectivity index (χ0v) is 19.2. The van der Waals surface area contributed by atoms with Gasteiger partial charge < -0.3 is 13.9 Å². The number of fused-ring (bicyclic) bond motifs is 2. The Kier molecular flexibility index (Phi) is 5.68. The molecule has 2 aromatic heterocycles. The molecule has 1 unspecified atom stereocenters. The van der Waals surface area contributed by atoms with Crippen molar-refractivity contribution < 1.29 is 13.9 Å². The zero-order valence-electron chi connectivity index (χ0n) is 18.4. The maximum Gasteiger partial charge on any atom is 0.336 e. The quantitative estimate of drug-likeness (QED) is 0.227. The molecule has 0 spiro atoms. The number of hydrogen-bond donors (Lipinski definition) is 0. The number of para-hydroxylation sites is 2. The second kappa shape index (κ2) is 8.78. The standard InChI is InChI=1S/C25H23N3O4S/c1-4-11-28-24(21-13-30-19-7-5-6-8-20(19)31-21)26-27-25(28)33-14-17-12-22(29)32-23-16(3)15(2)9-10-18(17)23/h4-10,12,21H,1,11,13-14H2,2-3H3. The van der Waals surface area contributed by atoms with Crippen LogP contribution in [-0.2, 0) is 12.3 Å². The summed E-state index contributed by atoms with van der Waals surface area (Å²) >= 11 is 1.51. The van der Waals surface area contributed by atoms with Gasteiger partial charge in [-0.2, -0.15) is 0 Å². The molecule has 0 amide bonds. The van der Waals surface area contributed by atoms with Crippen molar-refractivity contribution in [1.29, 1.82) is 0 Å². The number of nitrogens with zero attached hydrogens (tertiary/aromatic N) is 3. The largest absolute Gasteiger partial charge is 0.485 e. The van der Waals surface area contributed by atoms with Crippen LogP contribution in [0.2, 0.25) is 0 Å². The third kappa shape index (κ3) is 4.02. The third-order valence-electron chi connectivity index (χ3n) is 5.73. The van der Waals surface area contributed by atoms with Crippen molar-refractivity contribution in [3.63, 3.8) is 0 Å².